The summed E-state index contributed by atoms with van der Waals surface area (Å²) in [7, 11) is 0. The van der Waals surface area contributed by atoms with Gasteiger partial charge in [-0.25, -0.2) is 0 Å². The third-order valence-corrected chi connectivity index (χ3v) is 12.0. The maximum Gasteiger partial charge on any atom is 0.308 e. The van der Waals surface area contributed by atoms with Crippen LogP contribution in [0.1, 0.15) is 247 Å². The van der Waals surface area contributed by atoms with Gasteiger partial charge in [-0.15, -0.1) is 0 Å². The van der Waals surface area contributed by atoms with Gasteiger partial charge in [-0.1, -0.05) is 115 Å². The van der Waals surface area contributed by atoms with Gasteiger partial charge < -0.3 is 39.1 Å². The zero-order valence-electron chi connectivity index (χ0n) is 45.8. The van der Waals surface area contributed by atoms with Gasteiger partial charge in [-0.3, -0.25) is 28.8 Å². The van der Waals surface area contributed by atoms with E-state index in [1.165, 1.54) is 12.8 Å². The zero-order chi connectivity index (χ0) is 52.4. The van der Waals surface area contributed by atoms with Crippen LogP contribution in [0.5, 0.6) is 0 Å². The fourth-order valence-electron chi connectivity index (χ4n) is 7.74. The van der Waals surface area contributed by atoms with Gasteiger partial charge >= 0.3 is 35.8 Å². The van der Waals surface area contributed by atoms with Crippen molar-refractivity contribution in [1.29, 1.82) is 0 Å². The Balaban J connectivity index is 4.08. The quantitative estimate of drug-likeness (QED) is 0.0193. The summed E-state index contributed by atoms with van der Waals surface area (Å²) >= 11 is 0. The first-order valence-corrected chi connectivity index (χ1v) is 28.3. The molecule has 14 nitrogen and oxygen atoms in total. The first kappa shape index (κ1) is 67.2. The molecule has 14 heteroatoms. The number of unbranched alkanes of at least 4 members (excludes halogenated alkanes) is 16. The number of allylic oxidation sites excluding steroid dienone is 2. The predicted octanol–water partition coefficient (Wildman–Crippen LogP) is 10.5. The van der Waals surface area contributed by atoms with Crippen molar-refractivity contribution in [3.05, 3.63) is 24.3 Å². The van der Waals surface area contributed by atoms with Crippen LogP contribution in [0.4, 0.5) is 0 Å². The van der Waals surface area contributed by atoms with Gasteiger partial charge in [0.1, 0.15) is 38.5 Å². The number of quaternary nitrogens is 2. The fourth-order valence-corrected chi connectivity index (χ4v) is 7.74. The Morgan fingerprint density at radius 1 is 0.380 bits per heavy atom. The molecule has 2 atom stereocenters. The highest BCUT2D eigenvalue weighted by Crippen LogP contribution is 2.17. The van der Waals surface area contributed by atoms with Gasteiger partial charge in [-0.2, -0.15) is 0 Å². The van der Waals surface area contributed by atoms with E-state index in [1.807, 2.05) is 0 Å². The van der Waals surface area contributed by atoms with E-state index in [2.05, 4.69) is 76.5 Å². The van der Waals surface area contributed by atoms with E-state index in [0.717, 1.165) is 142 Å². The van der Waals surface area contributed by atoms with Crippen LogP contribution >= 0.6 is 0 Å². The van der Waals surface area contributed by atoms with E-state index in [9.17, 15) is 28.8 Å². The lowest BCUT2D eigenvalue weighted by Crippen LogP contribution is -2.89. The summed E-state index contributed by atoms with van der Waals surface area (Å²) in [6.45, 7) is 14.6. The Kier molecular flexibility index (Phi) is 47.1. The summed E-state index contributed by atoms with van der Waals surface area (Å²) in [4.78, 5) is 73.3. The number of hydrogen-bond donors (Lipinski definition) is 2. The lowest BCUT2D eigenvalue weighted by molar-refractivity contribution is -0.683. The van der Waals surface area contributed by atoms with Crippen molar-refractivity contribution in [2.45, 2.75) is 271 Å². The highest BCUT2D eigenvalue weighted by molar-refractivity contribution is 5.73. The molecule has 0 rings (SSSR count). The Labute approximate surface area is 431 Å². The molecule has 0 aliphatic rings. The highest BCUT2D eigenvalue weighted by atomic mass is 16.7. The molecule has 2 unspecified atom stereocenters. The van der Waals surface area contributed by atoms with Crippen LogP contribution in [-0.4, -0.2) is 93.2 Å². The minimum Gasteiger partial charge on any atom is -0.462 e. The minimum atomic E-state index is -0.352. The van der Waals surface area contributed by atoms with E-state index >= 15 is 0 Å². The van der Waals surface area contributed by atoms with Gasteiger partial charge in [-0.05, 0) is 105 Å². The molecule has 4 N–H and O–H groups in total. The Bertz CT molecular complexity index is 1300. The molecule has 0 bridgehead atoms. The molecule has 0 aliphatic heterocycles. The molecule has 71 heavy (non-hydrogen) atoms. The van der Waals surface area contributed by atoms with Gasteiger partial charge in [0.15, 0.2) is 0 Å². The van der Waals surface area contributed by atoms with Crippen molar-refractivity contribution >= 4 is 35.8 Å². The van der Waals surface area contributed by atoms with Gasteiger partial charge in [0.25, 0.3) is 0 Å². The van der Waals surface area contributed by atoms with E-state index in [0.29, 0.717) is 63.8 Å². The maximum atomic E-state index is 12.6. The summed E-state index contributed by atoms with van der Waals surface area (Å²) in [6, 6.07) is 0.922. The third-order valence-electron chi connectivity index (χ3n) is 12.0. The SMILES string of the molecule is CCCCCCC(C/C=C\CCCCCCCC(=O)OCOC(=O)CCCCCCC/C=C\CC(CCCCCC)OC(=O)CCCC(=O)OCC[NH2+]C(C)C)OC(=O)CCCC(=O)OCC[NH2+]C(C)C. The molecule has 0 saturated heterocycles. The first-order chi connectivity index (χ1) is 34.4. The number of nitrogens with two attached hydrogens (primary N) is 2. The Morgan fingerprint density at radius 3 is 1.11 bits per heavy atom. The van der Waals surface area contributed by atoms with Gasteiger partial charge in [0.2, 0.25) is 6.79 Å². The monoisotopic (exact) mass is 1010 g/mol. The number of ether oxygens (including phenoxy) is 6. The molecule has 0 aliphatic carbocycles. The molecule has 0 aromatic rings. The standard InChI is InChI=1S/C57H102N2O12/c1-7-9-11-25-33-50(70-56(64)41-31-39-52(60)66-45-43-58-48(3)4)35-27-21-17-13-15-19-23-29-37-54(62)68-47-69-55(63)38-30-24-20-16-14-18-22-28-36-51(34-26-12-10-8-2)71-57(65)42-32-40-53(61)67-46-44-59-49(5)6/h21-22,27-28,48-51,58-59H,7-20,23-26,29-47H2,1-6H3/p+2/b27-21-,28-22-. The largest absolute Gasteiger partial charge is 0.462 e. The number of hydrogen-bond acceptors (Lipinski definition) is 12. The van der Waals surface area contributed by atoms with Crippen molar-refractivity contribution in [2.24, 2.45) is 0 Å². The second-order valence-electron chi connectivity index (χ2n) is 19.8. The first-order valence-electron chi connectivity index (χ1n) is 28.3. The van der Waals surface area contributed by atoms with Crippen molar-refractivity contribution in [3.63, 3.8) is 0 Å². The lowest BCUT2D eigenvalue weighted by atomic mass is 10.1. The molecule has 0 amide bonds. The second-order valence-corrected chi connectivity index (χ2v) is 19.8. The molecule has 0 aromatic heterocycles. The summed E-state index contributed by atoms with van der Waals surface area (Å²) in [5, 5.41) is 4.23. The number of rotatable bonds is 50. The van der Waals surface area contributed by atoms with E-state index in [-0.39, 0.29) is 80.5 Å². The predicted molar refractivity (Wildman–Crippen MR) is 280 cm³/mol. The van der Waals surface area contributed by atoms with Crippen LogP contribution in [0.15, 0.2) is 24.3 Å². The molecule has 412 valence electrons. The van der Waals surface area contributed by atoms with Crippen LogP contribution < -0.4 is 10.6 Å². The smallest absolute Gasteiger partial charge is 0.308 e. The van der Waals surface area contributed by atoms with Crippen LogP contribution in [0, 0.1) is 0 Å². The van der Waals surface area contributed by atoms with Crippen molar-refractivity contribution in [3.8, 4) is 0 Å². The van der Waals surface area contributed by atoms with Gasteiger partial charge in [0, 0.05) is 51.4 Å². The summed E-state index contributed by atoms with van der Waals surface area (Å²) in [5.74, 6) is -1.75. The van der Waals surface area contributed by atoms with Crippen LogP contribution in [0.3, 0.4) is 0 Å². The average molecular weight is 1010 g/mol. The molecule has 0 saturated carbocycles. The molecule has 0 fully saturated rings. The average Bonchev–Trinajstić information content (AvgIpc) is 3.32. The van der Waals surface area contributed by atoms with Crippen LogP contribution in [0.25, 0.3) is 0 Å². The Hall–Kier alpha value is -3.78. The lowest BCUT2D eigenvalue weighted by Gasteiger charge is -2.16. The third kappa shape index (κ3) is 49.6. The summed E-state index contributed by atoms with van der Waals surface area (Å²) in [5.41, 5.74) is 0. The molecule has 0 radical (unpaired) electrons. The molecule has 0 aromatic carbocycles. The van der Waals surface area contributed by atoms with Crippen LogP contribution in [0.2, 0.25) is 0 Å². The minimum absolute atomic E-state index is 0.149. The zero-order valence-corrected chi connectivity index (χ0v) is 45.8. The molecule has 0 heterocycles. The topological polar surface area (TPSA) is 191 Å². The highest BCUT2D eigenvalue weighted by Gasteiger charge is 2.16. The van der Waals surface area contributed by atoms with Crippen LogP contribution in [-0.2, 0) is 57.2 Å². The van der Waals surface area contributed by atoms with Crippen molar-refractivity contribution in [1.82, 2.24) is 0 Å². The van der Waals surface area contributed by atoms with Crippen molar-refractivity contribution < 1.29 is 67.8 Å². The van der Waals surface area contributed by atoms with E-state index in [1.54, 1.807) is 0 Å². The molecular formula is C57H104N2O12+2. The van der Waals surface area contributed by atoms with Gasteiger partial charge in [0.05, 0.1) is 12.1 Å². The normalized spacial score (nSPS) is 12.4. The maximum absolute atomic E-state index is 12.6. The Morgan fingerprint density at radius 2 is 0.718 bits per heavy atom. The van der Waals surface area contributed by atoms with Crippen molar-refractivity contribution in [2.75, 3.05) is 33.1 Å². The summed E-state index contributed by atoms with van der Waals surface area (Å²) < 4.78 is 32.4. The second kappa shape index (κ2) is 49.8. The number of carbonyl (C=O) groups is 6. The molecule has 0 spiro atoms. The fraction of sp³-hybridized carbons (Fsp3) is 0.825. The summed E-state index contributed by atoms with van der Waals surface area (Å²) in [6.07, 6.45) is 34.1. The number of esters is 6. The van der Waals surface area contributed by atoms with E-state index < -0.39 is 0 Å². The van der Waals surface area contributed by atoms with E-state index in [4.69, 9.17) is 28.4 Å². The number of carbonyl (C=O) groups excluding carboxylic acids is 6. The molecular weight excluding hydrogens is 905 g/mol.